The normalized spacial score (nSPS) is 14.7. The minimum atomic E-state index is -0.201. The highest BCUT2D eigenvalue weighted by Crippen LogP contribution is 2.13. The molecule has 0 radical (unpaired) electrons. The van der Waals surface area contributed by atoms with Crippen molar-refractivity contribution in [1.29, 1.82) is 0 Å². The van der Waals surface area contributed by atoms with Crippen molar-refractivity contribution in [2.45, 2.75) is 20.3 Å². The van der Waals surface area contributed by atoms with Crippen molar-refractivity contribution in [2.75, 3.05) is 36.5 Å². The lowest BCUT2D eigenvalue weighted by Crippen LogP contribution is -2.38. The molecule has 1 aliphatic rings. The SMILES string of the molecule is CC(C)CNC(=O)Nc1ccc(CC(=O)N2CCSCC2)cc1. The van der Waals surface area contributed by atoms with Crippen molar-refractivity contribution < 1.29 is 9.59 Å². The molecule has 2 rings (SSSR count). The largest absolute Gasteiger partial charge is 0.341 e. The van der Waals surface area contributed by atoms with Crippen molar-refractivity contribution in [1.82, 2.24) is 10.2 Å². The van der Waals surface area contributed by atoms with Crippen LogP contribution in [0.2, 0.25) is 0 Å². The topological polar surface area (TPSA) is 61.4 Å². The Kier molecular flexibility index (Phi) is 6.77. The number of thioether (sulfide) groups is 1. The molecule has 3 amide bonds. The molecule has 1 aromatic rings. The monoisotopic (exact) mass is 335 g/mol. The number of hydrogen-bond acceptors (Lipinski definition) is 3. The fourth-order valence-electron chi connectivity index (χ4n) is 2.28. The molecule has 5 nitrogen and oxygen atoms in total. The van der Waals surface area contributed by atoms with Gasteiger partial charge < -0.3 is 15.5 Å². The zero-order valence-electron chi connectivity index (χ0n) is 13.8. The summed E-state index contributed by atoms with van der Waals surface area (Å²) in [5.41, 5.74) is 1.71. The first-order valence-corrected chi connectivity index (χ1v) is 9.19. The molecule has 0 bridgehead atoms. The van der Waals surface area contributed by atoms with Gasteiger partial charge in [0.15, 0.2) is 0 Å². The van der Waals surface area contributed by atoms with Crippen LogP contribution in [0.3, 0.4) is 0 Å². The summed E-state index contributed by atoms with van der Waals surface area (Å²) in [5.74, 6) is 2.66. The molecule has 0 aliphatic carbocycles. The van der Waals surface area contributed by atoms with Crippen LogP contribution >= 0.6 is 11.8 Å². The van der Waals surface area contributed by atoms with Gasteiger partial charge in [-0.25, -0.2) is 4.79 Å². The van der Waals surface area contributed by atoms with Gasteiger partial charge in [0.05, 0.1) is 6.42 Å². The van der Waals surface area contributed by atoms with Crippen LogP contribution in [0.5, 0.6) is 0 Å². The molecule has 6 heteroatoms. The molecule has 0 spiro atoms. The van der Waals surface area contributed by atoms with Crippen LogP contribution in [0, 0.1) is 5.92 Å². The predicted octanol–water partition coefficient (Wildman–Crippen LogP) is 2.58. The smallest absolute Gasteiger partial charge is 0.319 e. The molecule has 1 aromatic carbocycles. The first-order chi connectivity index (χ1) is 11.0. The zero-order valence-corrected chi connectivity index (χ0v) is 14.6. The number of benzene rings is 1. The van der Waals surface area contributed by atoms with Gasteiger partial charge in [-0.1, -0.05) is 26.0 Å². The molecule has 1 aliphatic heterocycles. The average Bonchev–Trinajstić information content (AvgIpc) is 2.55. The van der Waals surface area contributed by atoms with E-state index in [0.29, 0.717) is 18.9 Å². The van der Waals surface area contributed by atoms with Gasteiger partial charge in [0, 0.05) is 36.8 Å². The summed E-state index contributed by atoms with van der Waals surface area (Å²) in [6.07, 6.45) is 0.421. The molecule has 1 saturated heterocycles. The second-order valence-electron chi connectivity index (χ2n) is 6.10. The van der Waals surface area contributed by atoms with Crippen LogP contribution in [0.25, 0.3) is 0 Å². The number of nitrogens with zero attached hydrogens (tertiary/aromatic N) is 1. The standard InChI is InChI=1S/C17H25N3O2S/c1-13(2)12-18-17(22)19-15-5-3-14(4-6-15)11-16(21)20-7-9-23-10-8-20/h3-6,13H,7-12H2,1-2H3,(H2,18,19,22). The summed E-state index contributed by atoms with van der Waals surface area (Å²) < 4.78 is 0. The van der Waals surface area contributed by atoms with Gasteiger partial charge in [-0.2, -0.15) is 11.8 Å². The summed E-state index contributed by atoms with van der Waals surface area (Å²) in [6, 6.07) is 7.27. The quantitative estimate of drug-likeness (QED) is 0.869. The highest BCUT2D eigenvalue weighted by atomic mass is 32.2. The van der Waals surface area contributed by atoms with E-state index in [1.165, 1.54) is 0 Å². The van der Waals surface area contributed by atoms with Crippen molar-refractivity contribution in [2.24, 2.45) is 5.92 Å². The van der Waals surface area contributed by atoms with Gasteiger partial charge in [0.25, 0.3) is 0 Å². The Balaban J connectivity index is 1.81. The third kappa shape index (κ3) is 6.14. The number of amides is 3. The highest BCUT2D eigenvalue weighted by molar-refractivity contribution is 7.99. The second-order valence-corrected chi connectivity index (χ2v) is 7.32. The maximum atomic E-state index is 12.2. The number of carbonyl (C=O) groups is 2. The van der Waals surface area contributed by atoms with E-state index < -0.39 is 0 Å². The Bertz CT molecular complexity index is 525. The lowest BCUT2D eigenvalue weighted by molar-refractivity contribution is -0.130. The number of hydrogen-bond donors (Lipinski definition) is 2. The molecule has 126 valence electrons. The summed E-state index contributed by atoms with van der Waals surface area (Å²) in [5, 5.41) is 5.60. The Morgan fingerprint density at radius 2 is 1.83 bits per heavy atom. The molecule has 23 heavy (non-hydrogen) atoms. The van der Waals surface area contributed by atoms with Crippen LogP contribution in [0.1, 0.15) is 19.4 Å². The number of nitrogens with one attached hydrogen (secondary N) is 2. The number of urea groups is 1. The predicted molar refractivity (Wildman–Crippen MR) is 95.9 cm³/mol. The van der Waals surface area contributed by atoms with Crippen LogP contribution in [0.4, 0.5) is 10.5 Å². The summed E-state index contributed by atoms with van der Waals surface area (Å²) in [4.78, 5) is 25.8. The lowest BCUT2D eigenvalue weighted by atomic mass is 10.1. The lowest BCUT2D eigenvalue weighted by Gasteiger charge is -2.26. The van der Waals surface area contributed by atoms with Crippen LogP contribution in [-0.2, 0) is 11.2 Å². The number of rotatable bonds is 5. The third-order valence-corrected chi connectivity index (χ3v) is 4.54. The van der Waals surface area contributed by atoms with E-state index in [1.807, 2.05) is 54.8 Å². The molecule has 0 unspecified atom stereocenters. The van der Waals surface area contributed by atoms with Gasteiger partial charge in [-0.05, 0) is 23.6 Å². The maximum Gasteiger partial charge on any atom is 0.319 e. The summed E-state index contributed by atoms with van der Waals surface area (Å²) >= 11 is 1.90. The van der Waals surface area contributed by atoms with Crippen molar-refractivity contribution in [3.05, 3.63) is 29.8 Å². The Labute approximate surface area is 142 Å². The number of carbonyl (C=O) groups excluding carboxylic acids is 2. The van der Waals surface area contributed by atoms with Gasteiger partial charge >= 0.3 is 6.03 Å². The highest BCUT2D eigenvalue weighted by Gasteiger charge is 2.16. The van der Waals surface area contributed by atoms with Crippen molar-refractivity contribution in [3.8, 4) is 0 Å². The van der Waals surface area contributed by atoms with E-state index in [9.17, 15) is 9.59 Å². The minimum Gasteiger partial charge on any atom is -0.341 e. The maximum absolute atomic E-state index is 12.2. The molecule has 1 heterocycles. The van der Waals surface area contributed by atoms with Crippen LogP contribution in [-0.4, -0.2) is 48.0 Å². The Morgan fingerprint density at radius 1 is 1.17 bits per heavy atom. The van der Waals surface area contributed by atoms with E-state index in [0.717, 1.165) is 35.8 Å². The fourth-order valence-corrected chi connectivity index (χ4v) is 3.18. The summed E-state index contributed by atoms with van der Waals surface area (Å²) in [7, 11) is 0. The van der Waals surface area contributed by atoms with Gasteiger partial charge in [-0.3, -0.25) is 4.79 Å². The first-order valence-electron chi connectivity index (χ1n) is 8.04. The second kappa shape index (κ2) is 8.82. The third-order valence-electron chi connectivity index (χ3n) is 3.60. The van der Waals surface area contributed by atoms with Crippen LogP contribution in [0.15, 0.2) is 24.3 Å². The van der Waals surface area contributed by atoms with Gasteiger partial charge in [0.1, 0.15) is 0 Å². The molecule has 0 saturated carbocycles. The Hall–Kier alpha value is -1.69. The van der Waals surface area contributed by atoms with Gasteiger partial charge in [-0.15, -0.1) is 0 Å². The minimum absolute atomic E-state index is 0.181. The molecular formula is C17H25N3O2S. The van der Waals surface area contributed by atoms with Gasteiger partial charge in [0.2, 0.25) is 5.91 Å². The van der Waals surface area contributed by atoms with E-state index in [1.54, 1.807) is 0 Å². The van der Waals surface area contributed by atoms with Crippen LogP contribution < -0.4 is 10.6 Å². The van der Waals surface area contributed by atoms with E-state index in [2.05, 4.69) is 10.6 Å². The first kappa shape index (κ1) is 17.7. The molecule has 2 N–H and O–H groups in total. The molecule has 0 atom stereocenters. The summed E-state index contributed by atoms with van der Waals surface area (Å²) in [6.45, 7) is 6.44. The molecular weight excluding hydrogens is 310 g/mol. The van der Waals surface area contributed by atoms with Crippen molar-refractivity contribution >= 4 is 29.4 Å². The molecule has 0 aromatic heterocycles. The zero-order chi connectivity index (χ0) is 16.7. The number of anilines is 1. The van der Waals surface area contributed by atoms with E-state index >= 15 is 0 Å². The van der Waals surface area contributed by atoms with E-state index in [4.69, 9.17) is 0 Å². The van der Waals surface area contributed by atoms with Crippen molar-refractivity contribution in [3.63, 3.8) is 0 Å². The fraction of sp³-hybridized carbons (Fsp3) is 0.529. The van der Waals surface area contributed by atoms with E-state index in [-0.39, 0.29) is 11.9 Å². The molecule has 1 fully saturated rings. The Morgan fingerprint density at radius 3 is 2.43 bits per heavy atom. The average molecular weight is 335 g/mol.